The van der Waals surface area contributed by atoms with Crippen molar-refractivity contribution in [3.63, 3.8) is 0 Å². The molecule has 0 radical (unpaired) electrons. The Balaban J connectivity index is 2.09. The molecule has 0 bridgehead atoms. The minimum absolute atomic E-state index is 0.107. The molecule has 166 valence electrons. The predicted molar refractivity (Wildman–Crippen MR) is 116 cm³/mol. The van der Waals surface area contributed by atoms with Gasteiger partial charge in [-0.2, -0.15) is 0 Å². The first-order valence-electron chi connectivity index (χ1n) is 11.6. The number of aliphatic hydroxyl groups is 1. The molecule has 0 aromatic heterocycles. The zero-order valence-electron chi connectivity index (χ0n) is 19.2. The number of nitrogens with zero attached hydrogens (tertiary/aromatic N) is 1. The lowest BCUT2D eigenvalue weighted by atomic mass is 9.78. The van der Waals surface area contributed by atoms with Gasteiger partial charge in [0.15, 0.2) is 0 Å². The largest absolute Gasteiger partial charge is 0.393 e. The number of rotatable bonds is 14. The van der Waals surface area contributed by atoms with E-state index in [1.54, 1.807) is 0 Å². The summed E-state index contributed by atoms with van der Waals surface area (Å²) in [6.45, 7) is 11.5. The average molecular weight is 399 g/mol. The lowest BCUT2D eigenvalue weighted by Crippen LogP contribution is -2.63. The van der Waals surface area contributed by atoms with Crippen LogP contribution in [0, 0.1) is 0 Å². The van der Waals surface area contributed by atoms with Crippen molar-refractivity contribution in [2.24, 2.45) is 0 Å². The first-order valence-corrected chi connectivity index (χ1v) is 11.6. The topological polar surface area (TPSA) is 61.8 Å². The Morgan fingerprint density at radius 2 is 1.39 bits per heavy atom. The molecule has 1 saturated heterocycles. The number of aliphatic hydroxyl groups excluding tert-OH is 1. The number of piperidine rings is 1. The molecule has 5 nitrogen and oxygen atoms in total. The Hall–Kier alpha value is -0.650. The van der Waals surface area contributed by atoms with Crippen LogP contribution < -0.4 is 5.48 Å². The van der Waals surface area contributed by atoms with Gasteiger partial charge in [-0.3, -0.25) is 14.5 Å². The average Bonchev–Trinajstić information content (AvgIpc) is 2.58. The van der Waals surface area contributed by atoms with Crippen LogP contribution in [0.5, 0.6) is 0 Å². The molecular weight excluding hydrogens is 352 g/mol. The number of amides is 1. The van der Waals surface area contributed by atoms with E-state index in [1.165, 1.54) is 51.4 Å². The second-order valence-corrected chi connectivity index (χ2v) is 9.83. The molecular formula is C23H46N2O3. The van der Waals surface area contributed by atoms with Crippen LogP contribution in [-0.4, -0.2) is 46.2 Å². The van der Waals surface area contributed by atoms with Gasteiger partial charge >= 0.3 is 0 Å². The minimum Gasteiger partial charge on any atom is -0.393 e. The summed E-state index contributed by atoms with van der Waals surface area (Å²) in [5, 5.41) is 10.1. The fourth-order valence-electron chi connectivity index (χ4n) is 4.66. The fraction of sp³-hybridized carbons (Fsp3) is 0.957. The highest BCUT2D eigenvalue weighted by Gasteiger charge is 2.45. The van der Waals surface area contributed by atoms with E-state index in [4.69, 9.17) is 4.84 Å². The summed E-state index contributed by atoms with van der Waals surface area (Å²) < 4.78 is 0. The molecule has 2 N–H and O–H groups in total. The van der Waals surface area contributed by atoms with Crippen LogP contribution in [0.3, 0.4) is 0 Å². The molecule has 28 heavy (non-hydrogen) atoms. The lowest BCUT2D eigenvalue weighted by Gasteiger charge is -2.54. The maximum Gasteiger partial charge on any atom is 0.257 e. The molecule has 0 aliphatic carbocycles. The molecule has 1 amide bonds. The Bertz CT molecular complexity index is 420. The highest BCUT2D eigenvalue weighted by atomic mass is 16.6. The smallest absolute Gasteiger partial charge is 0.257 e. The third-order valence-electron chi connectivity index (χ3n) is 6.02. The van der Waals surface area contributed by atoms with E-state index < -0.39 is 0 Å². The number of unbranched alkanes of at least 4 members (excludes halogenated alkanes) is 9. The molecule has 0 spiro atoms. The molecule has 0 unspecified atom stereocenters. The zero-order valence-corrected chi connectivity index (χ0v) is 19.2. The van der Waals surface area contributed by atoms with Crippen LogP contribution in [0.1, 0.15) is 112 Å². The van der Waals surface area contributed by atoms with Gasteiger partial charge in [0.2, 0.25) is 0 Å². The second-order valence-electron chi connectivity index (χ2n) is 9.83. The van der Waals surface area contributed by atoms with Crippen molar-refractivity contribution in [1.82, 2.24) is 10.4 Å². The summed E-state index contributed by atoms with van der Waals surface area (Å²) >= 11 is 0. The van der Waals surface area contributed by atoms with Gasteiger partial charge in [-0.25, -0.2) is 5.48 Å². The number of hydrogen-bond acceptors (Lipinski definition) is 4. The Labute approximate surface area is 173 Å². The van der Waals surface area contributed by atoms with Gasteiger partial charge in [0.05, 0.1) is 19.3 Å². The minimum atomic E-state index is -0.308. The number of carbonyl (C=O) groups excluding carboxylic acids is 1. The standard InChI is InChI=1S/C23H46N2O3/c1-6-7-8-9-10-11-12-13-14-15-16-28-24-21(27)19-25-22(2,3)17-20(26)18-23(25,4)5/h20,26H,6-19H2,1-5H3,(H,24,27). The van der Waals surface area contributed by atoms with Gasteiger partial charge in [-0.05, 0) is 47.0 Å². The molecule has 1 rings (SSSR count). The van der Waals surface area contributed by atoms with Crippen molar-refractivity contribution in [3.05, 3.63) is 0 Å². The van der Waals surface area contributed by atoms with E-state index in [0.29, 0.717) is 26.0 Å². The number of likely N-dealkylation sites (tertiary alicyclic amines) is 1. The number of carbonyl (C=O) groups is 1. The van der Waals surface area contributed by atoms with E-state index in [9.17, 15) is 9.90 Å². The predicted octanol–water partition coefficient (Wildman–Crippen LogP) is 4.97. The highest BCUT2D eigenvalue weighted by molar-refractivity contribution is 5.77. The normalized spacial score (nSPS) is 19.6. The van der Waals surface area contributed by atoms with Gasteiger partial charge < -0.3 is 5.11 Å². The Kier molecular flexibility index (Phi) is 11.6. The fourth-order valence-corrected chi connectivity index (χ4v) is 4.66. The van der Waals surface area contributed by atoms with Gasteiger partial charge in [0.25, 0.3) is 5.91 Å². The second kappa shape index (κ2) is 12.8. The Morgan fingerprint density at radius 3 is 1.89 bits per heavy atom. The molecule has 0 atom stereocenters. The van der Waals surface area contributed by atoms with Crippen molar-refractivity contribution < 1.29 is 14.7 Å². The summed E-state index contributed by atoms with van der Waals surface area (Å²) in [6.07, 6.45) is 13.9. The summed E-state index contributed by atoms with van der Waals surface area (Å²) in [4.78, 5) is 19.9. The number of hydroxylamine groups is 1. The molecule has 0 aromatic rings. The van der Waals surface area contributed by atoms with Gasteiger partial charge in [-0.15, -0.1) is 0 Å². The quantitative estimate of drug-likeness (QED) is 0.320. The van der Waals surface area contributed by atoms with Crippen LogP contribution in [0.2, 0.25) is 0 Å². The lowest BCUT2D eigenvalue weighted by molar-refractivity contribution is -0.144. The summed E-state index contributed by atoms with van der Waals surface area (Å²) in [5.74, 6) is -0.107. The monoisotopic (exact) mass is 398 g/mol. The van der Waals surface area contributed by atoms with Gasteiger partial charge in [0, 0.05) is 11.1 Å². The van der Waals surface area contributed by atoms with E-state index in [1.807, 2.05) is 0 Å². The SMILES string of the molecule is CCCCCCCCCCCCONC(=O)CN1C(C)(C)CC(O)CC1(C)C. The maximum atomic E-state index is 12.3. The number of hydrogen-bond donors (Lipinski definition) is 2. The third-order valence-corrected chi connectivity index (χ3v) is 6.02. The van der Waals surface area contributed by atoms with Crippen molar-refractivity contribution >= 4 is 5.91 Å². The van der Waals surface area contributed by atoms with Crippen molar-refractivity contribution in [1.29, 1.82) is 0 Å². The van der Waals surface area contributed by atoms with Crippen LogP contribution in [-0.2, 0) is 9.63 Å². The van der Waals surface area contributed by atoms with Crippen LogP contribution in [0.4, 0.5) is 0 Å². The molecule has 1 fully saturated rings. The highest BCUT2D eigenvalue weighted by Crippen LogP contribution is 2.37. The third kappa shape index (κ3) is 9.71. The summed E-state index contributed by atoms with van der Waals surface area (Å²) in [6, 6.07) is 0. The molecule has 0 aromatic carbocycles. The van der Waals surface area contributed by atoms with Gasteiger partial charge in [0.1, 0.15) is 0 Å². The van der Waals surface area contributed by atoms with E-state index >= 15 is 0 Å². The van der Waals surface area contributed by atoms with E-state index in [2.05, 4.69) is 45.0 Å². The Morgan fingerprint density at radius 1 is 0.929 bits per heavy atom. The molecule has 0 saturated carbocycles. The first kappa shape index (κ1) is 25.4. The summed E-state index contributed by atoms with van der Waals surface area (Å²) in [5.41, 5.74) is 2.18. The van der Waals surface area contributed by atoms with Crippen molar-refractivity contribution in [2.75, 3.05) is 13.2 Å². The zero-order chi connectivity index (χ0) is 21.0. The van der Waals surface area contributed by atoms with E-state index in [0.717, 1.165) is 12.8 Å². The molecule has 1 heterocycles. The maximum absolute atomic E-state index is 12.3. The number of nitrogens with one attached hydrogen (secondary N) is 1. The first-order chi connectivity index (χ1) is 13.2. The molecule has 1 aliphatic heterocycles. The van der Waals surface area contributed by atoms with Crippen molar-refractivity contribution in [3.8, 4) is 0 Å². The van der Waals surface area contributed by atoms with Gasteiger partial charge in [-0.1, -0.05) is 64.7 Å². The molecule has 1 aliphatic rings. The van der Waals surface area contributed by atoms with Crippen LogP contribution >= 0.6 is 0 Å². The van der Waals surface area contributed by atoms with Crippen molar-refractivity contribution in [2.45, 2.75) is 129 Å². The molecule has 5 heteroatoms. The van der Waals surface area contributed by atoms with Crippen LogP contribution in [0.25, 0.3) is 0 Å². The van der Waals surface area contributed by atoms with Crippen LogP contribution in [0.15, 0.2) is 0 Å². The van der Waals surface area contributed by atoms with E-state index in [-0.39, 0.29) is 23.1 Å². The summed E-state index contributed by atoms with van der Waals surface area (Å²) in [7, 11) is 0.